The van der Waals surface area contributed by atoms with Gasteiger partial charge in [-0.25, -0.2) is 4.79 Å². The first-order valence-electron chi connectivity index (χ1n) is 9.80. The summed E-state index contributed by atoms with van der Waals surface area (Å²) in [5.74, 6) is 0. The van der Waals surface area contributed by atoms with Crippen LogP contribution in [0.25, 0.3) is 0 Å². The highest BCUT2D eigenvalue weighted by molar-refractivity contribution is 6.30. The van der Waals surface area contributed by atoms with Gasteiger partial charge in [0.1, 0.15) is 0 Å². The summed E-state index contributed by atoms with van der Waals surface area (Å²) in [4.78, 5) is 14.1. The average molecular weight is 445 g/mol. The van der Waals surface area contributed by atoms with Gasteiger partial charge in [0.05, 0.1) is 6.04 Å². The average Bonchev–Trinajstić information content (AvgIpc) is 2.74. The third-order valence-electron chi connectivity index (χ3n) is 5.74. The Morgan fingerprint density at radius 2 is 1.61 bits per heavy atom. The number of benzene rings is 3. The molecule has 0 spiro atoms. The fourth-order valence-electron chi connectivity index (χ4n) is 4.29. The maximum absolute atomic E-state index is 15.1. The van der Waals surface area contributed by atoms with Gasteiger partial charge < -0.3 is 5.32 Å². The quantitative estimate of drug-likeness (QED) is 0.464. The Hall–Kier alpha value is -2.99. The van der Waals surface area contributed by atoms with Crippen molar-refractivity contribution in [2.75, 3.05) is 5.32 Å². The van der Waals surface area contributed by atoms with Gasteiger partial charge in [-0.3, -0.25) is 4.90 Å². The molecule has 1 aliphatic rings. The van der Waals surface area contributed by atoms with E-state index in [-0.39, 0.29) is 16.3 Å². The van der Waals surface area contributed by atoms with Crippen LogP contribution in [0, 0.1) is 0 Å². The number of carbonyl (C=O) groups is 1. The van der Waals surface area contributed by atoms with Gasteiger partial charge in [0.2, 0.25) is 0 Å². The molecular formula is C24H20ClF3N2O. The van der Waals surface area contributed by atoms with E-state index < -0.39 is 30.2 Å². The van der Waals surface area contributed by atoms with Crippen LogP contribution in [0.15, 0.2) is 78.9 Å². The van der Waals surface area contributed by atoms with Gasteiger partial charge >= 0.3 is 12.2 Å². The molecule has 0 fully saturated rings. The Morgan fingerprint density at radius 1 is 1.00 bits per heavy atom. The number of rotatable bonds is 4. The van der Waals surface area contributed by atoms with E-state index in [0.29, 0.717) is 11.1 Å². The van der Waals surface area contributed by atoms with Gasteiger partial charge in [-0.05, 0) is 36.2 Å². The Labute approximate surface area is 183 Å². The predicted octanol–water partition coefficient (Wildman–Crippen LogP) is 6.95. The molecule has 3 aromatic rings. The molecule has 1 N–H and O–H groups in total. The molecule has 31 heavy (non-hydrogen) atoms. The largest absolute Gasteiger partial charge is 0.416 e. The molecule has 1 heterocycles. The van der Waals surface area contributed by atoms with Gasteiger partial charge in [0.15, 0.2) is 5.54 Å². The third-order valence-corrected chi connectivity index (χ3v) is 5.97. The number of hydrogen-bond donors (Lipinski definition) is 1. The van der Waals surface area contributed by atoms with E-state index in [1.165, 1.54) is 18.2 Å². The molecule has 3 nitrogen and oxygen atoms in total. The van der Waals surface area contributed by atoms with Crippen LogP contribution in [-0.4, -0.2) is 17.1 Å². The van der Waals surface area contributed by atoms with Crippen molar-refractivity contribution in [3.8, 4) is 0 Å². The Balaban J connectivity index is 2.00. The maximum atomic E-state index is 15.1. The second kappa shape index (κ2) is 7.93. The number of anilines is 1. The van der Waals surface area contributed by atoms with Crippen LogP contribution in [0.2, 0.25) is 5.02 Å². The number of nitrogens with zero attached hydrogens (tertiary/aromatic N) is 1. The van der Waals surface area contributed by atoms with Crippen molar-refractivity contribution in [2.24, 2.45) is 0 Å². The number of amides is 2. The van der Waals surface area contributed by atoms with E-state index in [2.05, 4.69) is 5.32 Å². The van der Waals surface area contributed by atoms with Gasteiger partial charge in [-0.1, -0.05) is 72.3 Å². The minimum absolute atomic E-state index is 0.0706. The Morgan fingerprint density at radius 3 is 2.23 bits per heavy atom. The molecule has 0 unspecified atom stereocenters. The van der Waals surface area contributed by atoms with Crippen LogP contribution in [0.4, 0.5) is 23.7 Å². The lowest BCUT2D eigenvalue weighted by Gasteiger charge is -2.51. The van der Waals surface area contributed by atoms with Gasteiger partial charge in [0, 0.05) is 22.7 Å². The van der Waals surface area contributed by atoms with Crippen LogP contribution in [-0.2, 0) is 12.0 Å². The summed E-state index contributed by atoms with van der Waals surface area (Å²) >= 11 is 6.14. The highest BCUT2D eigenvalue weighted by Gasteiger charge is 2.64. The molecule has 2 amide bonds. The third kappa shape index (κ3) is 3.65. The summed E-state index contributed by atoms with van der Waals surface area (Å²) in [7, 11) is 0. The molecule has 160 valence electrons. The van der Waals surface area contributed by atoms with Crippen molar-refractivity contribution in [1.29, 1.82) is 0 Å². The molecular weight excluding hydrogens is 425 g/mol. The minimum Gasteiger partial charge on any atom is -0.307 e. The van der Waals surface area contributed by atoms with Gasteiger partial charge in [-0.15, -0.1) is 0 Å². The van der Waals surface area contributed by atoms with Crippen LogP contribution >= 0.6 is 11.6 Å². The summed E-state index contributed by atoms with van der Waals surface area (Å²) in [6, 6.07) is 19.6. The van der Waals surface area contributed by atoms with E-state index >= 15 is 13.2 Å². The number of halogens is 4. The summed E-state index contributed by atoms with van der Waals surface area (Å²) in [5.41, 5.74) is -1.50. The van der Waals surface area contributed by atoms with Crippen molar-refractivity contribution >= 4 is 23.3 Å². The lowest BCUT2D eigenvalue weighted by Crippen LogP contribution is -2.63. The fourth-order valence-corrected chi connectivity index (χ4v) is 4.47. The van der Waals surface area contributed by atoms with Crippen molar-refractivity contribution < 1.29 is 18.0 Å². The van der Waals surface area contributed by atoms with Crippen LogP contribution < -0.4 is 5.32 Å². The van der Waals surface area contributed by atoms with Crippen LogP contribution in [0.1, 0.15) is 29.7 Å². The molecule has 0 radical (unpaired) electrons. The standard InChI is InChI=1S/C24H20ClF3N2O/c1-16(18-10-6-3-7-11-18)30-22(31)29-21-13-12-19(25)14-20(21)23(30,24(26,27)28)15-17-8-4-2-5-9-17/h2-14,16H,15H2,1H3,(H,29,31)/t16-,23+/m1/s1. The molecule has 7 heteroatoms. The second-order valence-electron chi connectivity index (χ2n) is 7.60. The summed E-state index contributed by atoms with van der Waals surface area (Å²) in [6.45, 7) is 1.61. The lowest BCUT2D eigenvalue weighted by atomic mass is 9.78. The molecule has 2 atom stereocenters. The van der Waals surface area contributed by atoms with E-state index in [9.17, 15) is 4.79 Å². The van der Waals surface area contributed by atoms with E-state index in [1.54, 1.807) is 67.6 Å². The zero-order valence-corrected chi connectivity index (χ0v) is 17.4. The SMILES string of the molecule is C[C@H](c1ccccc1)N1C(=O)Nc2ccc(Cl)cc2[C@@]1(Cc1ccccc1)C(F)(F)F. The van der Waals surface area contributed by atoms with E-state index in [4.69, 9.17) is 11.6 Å². The second-order valence-corrected chi connectivity index (χ2v) is 8.03. The first-order valence-corrected chi connectivity index (χ1v) is 10.2. The molecule has 0 saturated carbocycles. The number of urea groups is 1. The van der Waals surface area contributed by atoms with Gasteiger partial charge in [0.25, 0.3) is 0 Å². The minimum atomic E-state index is -4.77. The monoisotopic (exact) mass is 444 g/mol. The smallest absolute Gasteiger partial charge is 0.307 e. The highest BCUT2D eigenvalue weighted by Crippen LogP contribution is 2.54. The van der Waals surface area contributed by atoms with E-state index in [1.807, 2.05) is 0 Å². The maximum Gasteiger partial charge on any atom is 0.416 e. The number of fused-ring (bicyclic) bond motifs is 1. The zero-order valence-electron chi connectivity index (χ0n) is 16.7. The summed E-state index contributed by atoms with van der Waals surface area (Å²) < 4.78 is 45.4. The molecule has 0 aliphatic carbocycles. The van der Waals surface area contributed by atoms with Crippen molar-refractivity contribution in [1.82, 2.24) is 4.90 Å². The molecule has 0 bridgehead atoms. The molecule has 0 saturated heterocycles. The number of carbonyl (C=O) groups excluding carboxylic acids is 1. The lowest BCUT2D eigenvalue weighted by molar-refractivity contribution is -0.234. The molecule has 3 aromatic carbocycles. The molecule has 0 aromatic heterocycles. The van der Waals surface area contributed by atoms with Crippen LogP contribution in [0.5, 0.6) is 0 Å². The number of nitrogens with one attached hydrogen (secondary N) is 1. The highest BCUT2D eigenvalue weighted by atomic mass is 35.5. The fraction of sp³-hybridized carbons (Fsp3) is 0.208. The van der Waals surface area contributed by atoms with Crippen molar-refractivity contribution in [3.63, 3.8) is 0 Å². The van der Waals surface area contributed by atoms with Crippen molar-refractivity contribution in [3.05, 3.63) is 101 Å². The first-order chi connectivity index (χ1) is 14.7. The normalized spacial score (nSPS) is 19.5. The number of alkyl halides is 3. The Kier molecular flexibility index (Phi) is 5.43. The molecule has 4 rings (SSSR count). The number of hydrogen-bond acceptors (Lipinski definition) is 1. The zero-order chi connectivity index (χ0) is 22.2. The van der Waals surface area contributed by atoms with Crippen LogP contribution in [0.3, 0.4) is 0 Å². The van der Waals surface area contributed by atoms with E-state index in [0.717, 1.165) is 4.90 Å². The van der Waals surface area contributed by atoms with Gasteiger partial charge in [-0.2, -0.15) is 13.2 Å². The Bertz CT molecular complexity index is 1090. The topological polar surface area (TPSA) is 32.3 Å². The summed E-state index contributed by atoms with van der Waals surface area (Å²) in [6.07, 6.45) is -5.21. The first kappa shape index (κ1) is 21.2. The molecule has 1 aliphatic heterocycles. The predicted molar refractivity (Wildman–Crippen MR) is 115 cm³/mol. The summed E-state index contributed by atoms with van der Waals surface area (Å²) in [5, 5.41) is 2.80. The van der Waals surface area contributed by atoms with Crippen molar-refractivity contribution in [2.45, 2.75) is 31.1 Å².